The van der Waals surface area contributed by atoms with Gasteiger partial charge in [0.05, 0.1) is 18.4 Å². The van der Waals surface area contributed by atoms with Crippen molar-refractivity contribution in [2.24, 2.45) is 0 Å². The number of aryl methyl sites for hydroxylation is 2. The number of carbonyl (C=O) groups excluding carboxylic acids is 2. The van der Waals surface area contributed by atoms with Gasteiger partial charge in [0.1, 0.15) is 23.3 Å². The lowest BCUT2D eigenvalue weighted by Gasteiger charge is -2.25. The molecule has 0 radical (unpaired) electrons. The summed E-state index contributed by atoms with van der Waals surface area (Å²) >= 11 is 6.19. The van der Waals surface area contributed by atoms with Crippen LogP contribution in [0.3, 0.4) is 0 Å². The molecule has 1 saturated heterocycles. The molecular formula is C25H22ClNO5. The normalized spacial score (nSPS) is 17.8. The fourth-order valence-corrected chi connectivity index (χ4v) is 4.08. The number of ketones is 1. The molecule has 1 amide bonds. The van der Waals surface area contributed by atoms with Crippen LogP contribution in [-0.2, 0) is 9.59 Å². The molecule has 0 bridgehead atoms. The fourth-order valence-electron chi connectivity index (χ4n) is 3.91. The first-order valence-electron chi connectivity index (χ1n) is 10.2. The summed E-state index contributed by atoms with van der Waals surface area (Å²) < 4.78 is 11.1. The zero-order chi connectivity index (χ0) is 23.0. The number of Topliss-reactive ketones (excluding diaryl/α,β-unsaturated/α-hetero) is 1. The van der Waals surface area contributed by atoms with E-state index in [1.165, 1.54) is 11.2 Å². The largest absolute Gasteiger partial charge is 0.507 e. The van der Waals surface area contributed by atoms with Gasteiger partial charge in [0, 0.05) is 16.3 Å². The van der Waals surface area contributed by atoms with Crippen molar-refractivity contribution in [2.45, 2.75) is 26.8 Å². The van der Waals surface area contributed by atoms with E-state index in [0.717, 1.165) is 11.1 Å². The lowest BCUT2D eigenvalue weighted by Crippen LogP contribution is -2.30. The van der Waals surface area contributed by atoms with Gasteiger partial charge in [-0.3, -0.25) is 14.5 Å². The number of furan rings is 1. The maximum Gasteiger partial charge on any atom is 0.300 e. The molecule has 1 aromatic heterocycles. The topological polar surface area (TPSA) is 80.0 Å². The molecule has 1 fully saturated rings. The van der Waals surface area contributed by atoms with Gasteiger partial charge in [0.25, 0.3) is 11.7 Å². The van der Waals surface area contributed by atoms with E-state index in [2.05, 4.69) is 0 Å². The maximum absolute atomic E-state index is 13.2. The smallest absolute Gasteiger partial charge is 0.300 e. The first kappa shape index (κ1) is 21.7. The summed E-state index contributed by atoms with van der Waals surface area (Å²) in [6.07, 6.45) is 1.46. The summed E-state index contributed by atoms with van der Waals surface area (Å²) in [5.41, 5.74) is 2.38. The highest BCUT2D eigenvalue weighted by Crippen LogP contribution is 2.44. The molecular weight excluding hydrogens is 430 g/mol. The van der Waals surface area contributed by atoms with Crippen LogP contribution in [0.25, 0.3) is 5.76 Å². The van der Waals surface area contributed by atoms with Crippen LogP contribution in [0.4, 0.5) is 5.69 Å². The minimum atomic E-state index is -0.936. The number of ether oxygens (including phenoxy) is 1. The summed E-state index contributed by atoms with van der Waals surface area (Å²) in [6, 6.07) is 12.6. The lowest BCUT2D eigenvalue weighted by molar-refractivity contribution is -0.132. The van der Waals surface area contributed by atoms with E-state index in [1.807, 2.05) is 20.8 Å². The van der Waals surface area contributed by atoms with Gasteiger partial charge in [0.2, 0.25) is 0 Å². The van der Waals surface area contributed by atoms with Crippen molar-refractivity contribution in [1.29, 1.82) is 0 Å². The second-order valence-corrected chi connectivity index (χ2v) is 7.97. The number of hydrogen-bond acceptors (Lipinski definition) is 5. The minimum absolute atomic E-state index is 0.0483. The molecule has 6 nitrogen and oxygen atoms in total. The molecule has 3 aromatic rings. The second-order valence-electron chi connectivity index (χ2n) is 7.53. The summed E-state index contributed by atoms with van der Waals surface area (Å²) in [4.78, 5) is 27.6. The van der Waals surface area contributed by atoms with Gasteiger partial charge in [-0.25, -0.2) is 0 Å². The van der Waals surface area contributed by atoms with Crippen LogP contribution in [0.15, 0.2) is 64.8 Å². The van der Waals surface area contributed by atoms with E-state index in [1.54, 1.807) is 48.5 Å². The van der Waals surface area contributed by atoms with E-state index >= 15 is 0 Å². The Hall–Kier alpha value is -3.51. The Morgan fingerprint density at radius 2 is 1.91 bits per heavy atom. The number of carbonyl (C=O) groups is 2. The van der Waals surface area contributed by atoms with E-state index < -0.39 is 17.7 Å². The van der Waals surface area contributed by atoms with Gasteiger partial charge in [-0.1, -0.05) is 17.7 Å². The molecule has 0 spiro atoms. The van der Waals surface area contributed by atoms with Gasteiger partial charge >= 0.3 is 0 Å². The highest BCUT2D eigenvalue weighted by Gasteiger charge is 2.48. The zero-order valence-corrected chi connectivity index (χ0v) is 18.6. The molecule has 1 unspecified atom stereocenters. The third-order valence-corrected chi connectivity index (χ3v) is 5.67. The van der Waals surface area contributed by atoms with E-state index in [9.17, 15) is 14.7 Å². The molecule has 1 atom stereocenters. The number of halogens is 1. The van der Waals surface area contributed by atoms with Crippen LogP contribution < -0.4 is 9.64 Å². The Morgan fingerprint density at radius 3 is 2.56 bits per heavy atom. The van der Waals surface area contributed by atoms with Gasteiger partial charge in [-0.15, -0.1) is 0 Å². The average molecular weight is 452 g/mol. The van der Waals surface area contributed by atoms with Crippen LogP contribution in [0.1, 0.15) is 35.4 Å². The van der Waals surface area contributed by atoms with Crippen molar-refractivity contribution < 1.29 is 23.8 Å². The van der Waals surface area contributed by atoms with Gasteiger partial charge in [0.15, 0.2) is 0 Å². The van der Waals surface area contributed by atoms with Crippen molar-refractivity contribution >= 4 is 34.7 Å². The Labute approximate surface area is 190 Å². The molecule has 0 saturated carbocycles. The molecule has 164 valence electrons. The van der Waals surface area contributed by atoms with Gasteiger partial charge in [-0.05, 0) is 74.4 Å². The van der Waals surface area contributed by atoms with Crippen molar-refractivity contribution in [2.75, 3.05) is 11.5 Å². The third kappa shape index (κ3) is 3.67. The number of benzene rings is 2. The Kier molecular flexibility index (Phi) is 5.80. The number of aliphatic hydroxyl groups is 1. The van der Waals surface area contributed by atoms with Crippen LogP contribution in [-0.4, -0.2) is 23.4 Å². The summed E-state index contributed by atoms with van der Waals surface area (Å²) in [6.45, 7) is 6.06. The Bertz CT molecular complexity index is 1230. The number of amides is 1. The third-order valence-electron chi connectivity index (χ3n) is 5.44. The molecule has 0 aliphatic carbocycles. The van der Waals surface area contributed by atoms with E-state index in [0.29, 0.717) is 34.4 Å². The number of rotatable bonds is 5. The summed E-state index contributed by atoms with van der Waals surface area (Å²) in [7, 11) is 0. The molecule has 4 rings (SSSR count). The molecule has 1 aliphatic heterocycles. The van der Waals surface area contributed by atoms with Gasteiger partial charge in [-0.2, -0.15) is 0 Å². The van der Waals surface area contributed by atoms with Crippen molar-refractivity contribution in [3.8, 4) is 5.75 Å². The molecule has 1 N–H and O–H groups in total. The Morgan fingerprint density at radius 1 is 1.12 bits per heavy atom. The first-order valence-corrected chi connectivity index (χ1v) is 10.6. The van der Waals surface area contributed by atoms with Crippen molar-refractivity contribution in [1.82, 2.24) is 0 Å². The quantitative estimate of drug-likeness (QED) is 0.311. The zero-order valence-electron chi connectivity index (χ0n) is 17.9. The van der Waals surface area contributed by atoms with Crippen LogP contribution in [0.2, 0.25) is 5.02 Å². The summed E-state index contributed by atoms with van der Waals surface area (Å²) in [5, 5.41) is 11.6. The number of hydrogen-bond donors (Lipinski definition) is 1. The predicted molar refractivity (Wildman–Crippen MR) is 122 cm³/mol. The van der Waals surface area contributed by atoms with Crippen molar-refractivity contribution in [3.63, 3.8) is 0 Å². The minimum Gasteiger partial charge on any atom is -0.507 e. The van der Waals surface area contributed by atoms with E-state index in [4.69, 9.17) is 20.8 Å². The summed E-state index contributed by atoms with van der Waals surface area (Å²) in [5.74, 6) is -0.803. The molecule has 2 heterocycles. The predicted octanol–water partition coefficient (Wildman–Crippen LogP) is 5.57. The first-order chi connectivity index (χ1) is 15.3. The lowest BCUT2D eigenvalue weighted by atomic mass is 9.98. The highest BCUT2D eigenvalue weighted by atomic mass is 35.5. The highest BCUT2D eigenvalue weighted by molar-refractivity contribution is 6.51. The molecule has 2 aromatic carbocycles. The number of anilines is 1. The van der Waals surface area contributed by atoms with Crippen LogP contribution >= 0.6 is 11.6 Å². The monoisotopic (exact) mass is 451 g/mol. The second kappa shape index (κ2) is 8.55. The SMILES string of the molecule is CCOc1ccc(/C(O)=C2/C(=O)C(=O)N(c3cc(Cl)ccc3C)C2c2ccco2)cc1C. The Balaban J connectivity index is 1.91. The number of aliphatic hydroxyl groups excluding tert-OH is 1. The molecule has 7 heteroatoms. The van der Waals surface area contributed by atoms with Gasteiger partial charge < -0.3 is 14.3 Å². The number of nitrogens with zero attached hydrogens (tertiary/aromatic N) is 1. The van der Waals surface area contributed by atoms with E-state index in [-0.39, 0.29) is 11.3 Å². The van der Waals surface area contributed by atoms with Crippen LogP contribution in [0.5, 0.6) is 5.75 Å². The maximum atomic E-state index is 13.2. The molecule has 32 heavy (non-hydrogen) atoms. The van der Waals surface area contributed by atoms with Crippen molar-refractivity contribution in [3.05, 3.63) is 87.8 Å². The average Bonchev–Trinajstić information content (AvgIpc) is 3.38. The fraction of sp³-hybridized carbons (Fsp3) is 0.200. The standard InChI is InChI=1S/C25H22ClNO5/c1-4-31-19-10-8-16(12-15(19)3)23(28)21-22(20-6-5-11-32-20)27(25(30)24(21)29)18-13-17(26)9-7-14(18)2/h5-13,22,28H,4H2,1-3H3/b23-21-. The van der Waals surface area contributed by atoms with Crippen LogP contribution in [0, 0.1) is 13.8 Å². The molecule has 1 aliphatic rings.